The van der Waals surface area contributed by atoms with Crippen molar-refractivity contribution in [3.05, 3.63) is 34.1 Å². The van der Waals surface area contributed by atoms with Crippen LogP contribution in [0.15, 0.2) is 22.8 Å². The molecule has 1 aromatic carbocycles. The summed E-state index contributed by atoms with van der Waals surface area (Å²) in [6.45, 7) is 10.4. The predicted octanol–water partition coefficient (Wildman–Crippen LogP) is 3.20. The summed E-state index contributed by atoms with van der Waals surface area (Å²) in [5.74, 6) is 0.297. The molecular weight excluding hydrogens is 548 g/mol. The normalized spacial score (nSPS) is 20.4. The third-order valence-corrected chi connectivity index (χ3v) is 8.52. The number of anilines is 4. The second kappa shape index (κ2) is 12.1. The second-order valence-electron chi connectivity index (χ2n) is 10.6. The molecule has 0 bridgehead atoms. The van der Waals surface area contributed by atoms with Crippen LogP contribution in [0.25, 0.3) is 0 Å². The zero-order valence-corrected chi connectivity index (χ0v) is 24.0. The van der Waals surface area contributed by atoms with E-state index in [9.17, 15) is 4.79 Å². The molecule has 1 aromatic heterocycles. The zero-order valence-electron chi connectivity index (χ0n) is 22.4. The maximum absolute atomic E-state index is 12.2. The molecule has 0 saturated carbocycles. The van der Waals surface area contributed by atoms with Gasteiger partial charge in [-0.3, -0.25) is 9.69 Å². The summed E-state index contributed by atoms with van der Waals surface area (Å²) in [5.41, 5.74) is 9.02. The summed E-state index contributed by atoms with van der Waals surface area (Å²) in [6.07, 6.45) is 4.18. The lowest BCUT2D eigenvalue weighted by Crippen LogP contribution is -2.52. The predicted molar refractivity (Wildman–Crippen MR) is 154 cm³/mol. The number of benzene rings is 1. The van der Waals surface area contributed by atoms with Gasteiger partial charge in [0, 0.05) is 75.9 Å². The largest absolute Gasteiger partial charge is 0.381 e. The van der Waals surface area contributed by atoms with E-state index in [1.165, 1.54) is 50.3 Å². The van der Waals surface area contributed by atoms with Crippen molar-refractivity contribution in [2.24, 2.45) is 5.73 Å². The lowest BCUT2D eigenvalue weighted by atomic mass is 10.0. The molecule has 3 saturated heterocycles. The Bertz CT molecular complexity index is 1130. The molecule has 38 heavy (non-hydrogen) atoms. The highest BCUT2D eigenvalue weighted by Crippen LogP contribution is 2.31. The number of rotatable bonds is 7. The lowest BCUT2D eigenvalue weighted by Gasteiger charge is -2.43. The summed E-state index contributed by atoms with van der Waals surface area (Å²) in [5, 5.41) is 6.72. The van der Waals surface area contributed by atoms with Crippen LogP contribution in [-0.2, 0) is 4.74 Å². The van der Waals surface area contributed by atoms with Gasteiger partial charge in [0.15, 0.2) is 17.3 Å². The minimum Gasteiger partial charge on any atom is -0.381 e. The zero-order chi connectivity index (χ0) is 26.6. The van der Waals surface area contributed by atoms with Gasteiger partial charge in [0.25, 0.3) is 5.91 Å². The molecule has 3 fully saturated rings. The van der Waals surface area contributed by atoms with Crippen LogP contribution in [0.3, 0.4) is 0 Å². The Hall–Kier alpha value is -2.47. The molecule has 10 nitrogen and oxygen atoms in total. The summed E-state index contributed by atoms with van der Waals surface area (Å²) in [4.78, 5) is 28.8. The monoisotopic (exact) mass is 586 g/mol. The number of carbonyl (C=O) groups is 1. The fraction of sp³-hybridized carbons (Fsp3) is 0.593. The van der Waals surface area contributed by atoms with E-state index in [2.05, 4.69) is 72.4 Å². The summed E-state index contributed by atoms with van der Waals surface area (Å²) < 4.78 is 5.92. The first-order valence-corrected chi connectivity index (χ1v) is 14.4. The average molecular weight is 588 g/mol. The second-order valence-corrected chi connectivity index (χ2v) is 11.4. The van der Waals surface area contributed by atoms with Crippen molar-refractivity contribution in [3.63, 3.8) is 0 Å². The molecule has 0 atom stereocenters. The van der Waals surface area contributed by atoms with E-state index in [4.69, 9.17) is 15.5 Å². The number of piperidine rings is 1. The third-order valence-electron chi connectivity index (χ3n) is 7.97. The topological polar surface area (TPSA) is 112 Å². The van der Waals surface area contributed by atoms with Crippen LogP contribution < -0.4 is 21.3 Å². The van der Waals surface area contributed by atoms with Crippen LogP contribution >= 0.6 is 15.9 Å². The van der Waals surface area contributed by atoms with E-state index in [1.54, 1.807) is 0 Å². The molecule has 0 spiro atoms. The van der Waals surface area contributed by atoms with Crippen LogP contribution in [0.2, 0.25) is 0 Å². The van der Waals surface area contributed by atoms with Gasteiger partial charge in [-0.2, -0.15) is 0 Å². The van der Waals surface area contributed by atoms with Gasteiger partial charge in [0.2, 0.25) is 0 Å². The molecule has 4 N–H and O–H groups in total. The first-order valence-electron chi connectivity index (χ1n) is 13.6. The van der Waals surface area contributed by atoms with Gasteiger partial charge < -0.3 is 30.9 Å². The van der Waals surface area contributed by atoms with E-state index in [1.807, 2.05) is 6.07 Å². The maximum Gasteiger partial charge on any atom is 0.271 e. The molecule has 2 aromatic rings. The first-order chi connectivity index (χ1) is 18.4. The number of nitrogens with one attached hydrogen (secondary N) is 2. The fourth-order valence-electron chi connectivity index (χ4n) is 5.68. The quantitative estimate of drug-likeness (QED) is 0.450. The number of piperazine rings is 1. The van der Waals surface area contributed by atoms with Crippen LogP contribution in [0.4, 0.5) is 23.0 Å². The van der Waals surface area contributed by atoms with E-state index in [0.717, 1.165) is 31.6 Å². The van der Waals surface area contributed by atoms with Crippen molar-refractivity contribution in [3.8, 4) is 0 Å². The summed E-state index contributed by atoms with van der Waals surface area (Å²) in [7, 11) is 2.21. The molecule has 5 rings (SSSR count). The number of nitrogens with two attached hydrogens (primary N) is 1. The van der Waals surface area contributed by atoms with E-state index in [-0.39, 0.29) is 11.7 Å². The number of aromatic nitrogens is 2. The SMILES string of the molecule is Cc1cc(Nc2nc(NC3CCOCC3)c(Br)nc2C(N)=O)ccc1N1CCC(N2CCN(C)CC2)CC1. The molecule has 0 unspecified atom stereocenters. The lowest BCUT2D eigenvalue weighted by molar-refractivity contribution is 0.0903. The van der Waals surface area contributed by atoms with Crippen LogP contribution in [-0.4, -0.2) is 97.3 Å². The van der Waals surface area contributed by atoms with Gasteiger partial charge in [0.1, 0.15) is 4.60 Å². The highest BCUT2D eigenvalue weighted by Gasteiger charge is 2.27. The Balaban J connectivity index is 1.26. The van der Waals surface area contributed by atoms with Crippen molar-refractivity contribution in [2.45, 2.75) is 44.7 Å². The van der Waals surface area contributed by atoms with E-state index in [0.29, 0.717) is 35.5 Å². The number of nitrogens with zero attached hydrogens (tertiary/aromatic N) is 5. The smallest absolute Gasteiger partial charge is 0.271 e. The standard InChI is InChI=1S/C27H39BrN8O2/c1-18-17-20(3-4-22(18)36-9-5-21(6-10-36)35-13-11-34(2)12-14-35)31-26-23(25(29)37)32-24(28)27(33-26)30-19-7-15-38-16-8-19/h3-4,17,19,21H,5-16H2,1-2H3,(H2,29,37)(H2,30,31,33). The van der Waals surface area contributed by atoms with Crippen LogP contribution in [0.1, 0.15) is 41.7 Å². The number of aryl methyl sites for hydroxylation is 1. The highest BCUT2D eigenvalue weighted by atomic mass is 79.9. The fourth-order valence-corrected chi connectivity index (χ4v) is 6.07. The molecule has 3 aliphatic heterocycles. The minimum atomic E-state index is -0.630. The maximum atomic E-state index is 12.2. The van der Waals surface area contributed by atoms with E-state index >= 15 is 0 Å². The van der Waals surface area contributed by atoms with Gasteiger partial charge in [-0.1, -0.05) is 0 Å². The van der Waals surface area contributed by atoms with Gasteiger partial charge in [-0.05, 0) is 79.3 Å². The third kappa shape index (κ3) is 6.39. The van der Waals surface area contributed by atoms with Gasteiger partial charge in [-0.15, -0.1) is 0 Å². The molecule has 4 heterocycles. The Morgan fingerprint density at radius 1 is 1.03 bits per heavy atom. The van der Waals surface area contributed by atoms with Crippen molar-refractivity contribution >= 4 is 44.8 Å². The molecule has 11 heteroatoms. The molecular formula is C27H39BrN8O2. The van der Waals surface area contributed by atoms with Crippen molar-refractivity contribution in [1.29, 1.82) is 0 Å². The van der Waals surface area contributed by atoms with Crippen molar-refractivity contribution in [2.75, 3.05) is 75.1 Å². The number of carbonyl (C=O) groups excluding carboxylic acids is 1. The molecule has 3 aliphatic rings. The molecule has 206 valence electrons. The Kier molecular flexibility index (Phi) is 8.67. The van der Waals surface area contributed by atoms with Gasteiger partial charge in [0.05, 0.1) is 0 Å². The van der Waals surface area contributed by atoms with Gasteiger partial charge >= 0.3 is 0 Å². The molecule has 0 radical (unpaired) electrons. The molecule has 0 aliphatic carbocycles. The van der Waals surface area contributed by atoms with Gasteiger partial charge in [-0.25, -0.2) is 9.97 Å². The number of hydrogen-bond acceptors (Lipinski definition) is 9. The first kappa shape index (κ1) is 27.1. The molecule has 1 amide bonds. The number of ether oxygens (including phenoxy) is 1. The van der Waals surface area contributed by atoms with Crippen LogP contribution in [0.5, 0.6) is 0 Å². The van der Waals surface area contributed by atoms with Crippen molar-refractivity contribution in [1.82, 2.24) is 19.8 Å². The van der Waals surface area contributed by atoms with Crippen molar-refractivity contribution < 1.29 is 9.53 Å². The number of likely N-dealkylation sites (N-methyl/N-ethyl adjacent to an activating group) is 1. The van der Waals surface area contributed by atoms with Crippen LogP contribution in [0, 0.1) is 6.92 Å². The summed E-state index contributed by atoms with van der Waals surface area (Å²) >= 11 is 3.45. The number of hydrogen-bond donors (Lipinski definition) is 3. The average Bonchev–Trinajstić information content (AvgIpc) is 2.91. The number of primary amides is 1. The minimum absolute atomic E-state index is 0.0992. The highest BCUT2D eigenvalue weighted by molar-refractivity contribution is 9.10. The Morgan fingerprint density at radius 3 is 2.39 bits per heavy atom. The van der Waals surface area contributed by atoms with E-state index < -0.39 is 5.91 Å². The Morgan fingerprint density at radius 2 is 1.74 bits per heavy atom. The Labute approximate surface area is 233 Å². The summed E-state index contributed by atoms with van der Waals surface area (Å²) in [6, 6.07) is 7.22. The number of amides is 1. The number of halogens is 1.